The first-order chi connectivity index (χ1) is 13.3. The van der Waals surface area contributed by atoms with Crippen LogP contribution in [-0.4, -0.2) is 74.8 Å². The van der Waals surface area contributed by atoms with E-state index in [0.29, 0.717) is 23.6 Å². The van der Waals surface area contributed by atoms with Gasteiger partial charge < -0.3 is 19.7 Å². The van der Waals surface area contributed by atoms with Crippen LogP contribution in [0.4, 0.5) is 4.79 Å². The molecule has 1 fully saturated rings. The number of benzene rings is 1. The Hall–Kier alpha value is -2.52. The number of carbonyl (C=O) groups excluding carboxylic acids is 3. The predicted molar refractivity (Wildman–Crippen MR) is 108 cm³/mol. The molecule has 1 aromatic carbocycles. The number of hydrogen-bond acceptors (Lipinski definition) is 7. The molecule has 3 amide bonds. The normalized spacial score (nSPS) is 15.5. The summed E-state index contributed by atoms with van der Waals surface area (Å²) in [6, 6.07) is 5.17. The predicted octanol–water partition coefficient (Wildman–Crippen LogP) is 1.81. The summed E-state index contributed by atoms with van der Waals surface area (Å²) >= 11 is 0.805. The van der Waals surface area contributed by atoms with E-state index in [4.69, 9.17) is 9.47 Å². The molecular formula is C19H25N3O5S. The summed E-state index contributed by atoms with van der Waals surface area (Å²) in [6.45, 7) is 1.05. The van der Waals surface area contributed by atoms with E-state index in [-0.39, 0.29) is 17.4 Å². The Bertz CT molecular complexity index is 779. The van der Waals surface area contributed by atoms with E-state index in [1.165, 1.54) is 7.11 Å². The number of thioether (sulfide) groups is 1. The first-order valence-electron chi connectivity index (χ1n) is 8.74. The van der Waals surface area contributed by atoms with Gasteiger partial charge in [0.05, 0.1) is 19.1 Å². The number of hydrogen-bond donors (Lipinski definition) is 1. The van der Waals surface area contributed by atoms with Crippen molar-refractivity contribution in [3.05, 3.63) is 28.7 Å². The smallest absolute Gasteiger partial charge is 0.294 e. The highest BCUT2D eigenvalue weighted by atomic mass is 32.2. The van der Waals surface area contributed by atoms with Crippen LogP contribution in [0.2, 0.25) is 0 Å². The third-order valence-corrected chi connectivity index (χ3v) is 4.91. The van der Waals surface area contributed by atoms with Crippen molar-refractivity contribution in [3.8, 4) is 11.5 Å². The third-order valence-electron chi connectivity index (χ3n) is 4.01. The molecule has 9 heteroatoms. The Morgan fingerprint density at radius 3 is 2.64 bits per heavy atom. The fraction of sp³-hybridized carbons (Fsp3) is 0.421. The lowest BCUT2D eigenvalue weighted by Gasteiger charge is -2.13. The molecule has 0 aromatic heterocycles. The average molecular weight is 407 g/mol. The quantitative estimate of drug-likeness (QED) is 0.493. The summed E-state index contributed by atoms with van der Waals surface area (Å²) in [4.78, 5) is 40.0. The van der Waals surface area contributed by atoms with Crippen LogP contribution in [0.5, 0.6) is 11.5 Å². The average Bonchev–Trinajstić information content (AvgIpc) is 2.92. The van der Waals surface area contributed by atoms with E-state index in [1.54, 1.807) is 31.4 Å². The molecule has 0 aliphatic carbocycles. The molecule has 1 aromatic rings. The minimum Gasteiger partial charge on any atom is -0.497 e. The molecule has 1 aliphatic rings. The number of methoxy groups -OCH3 is 2. The summed E-state index contributed by atoms with van der Waals surface area (Å²) in [7, 11) is 6.96. The third kappa shape index (κ3) is 5.74. The van der Waals surface area contributed by atoms with Crippen LogP contribution in [-0.2, 0) is 9.59 Å². The molecule has 2 rings (SSSR count). The van der Waals surface area contributed by atoms with E-state index in [1.807, 2.05) is 19.0 Å². The van der Waals surface area contributed by atoms with Gasteiger partial charge in [0.25, 0.3) is 11.1 Å². The maximum atomic E-state index is 12.6. The topological polar surface area (TPSA) is 88.2 Å². The second kappa shape index (κ2) is 10.1. The molecule has 1 N–H and O–H groups in total. The summed E-state index contributed by atoms with van der Waals surface area (Å²) in [5.74, 6) is 0.290. The number of rotatable bonds is 9. The van der Waals surface area contributed by atoms with E-state index in [0.717, 1.165) is 29.6 Å². The lowest BCUT2D eigenvalue weighted by Crippen LogP contribution is -2.40. The molecule has 1 saturated heterocycles. The van der Waals surface area contributed by atoms with Gasteiger partial charge in [-0.2, -0.15) is 0 Å². The molecule has 1 heterocycles. The van der Waals surface area contributed by atoms with Crippen LogP contribution in [0.1, 0.15) is 12.0 Å². The minimum absolute atomic E-state index is 0.244. The fourth-order valence-electron chi connectivity index (χ4n) is 2.54. The molecule has 0 atom stereocenters. The van der Waals surface area contributed by atoms with Crippen molar-refractivity contribution in [3.63, 3.8) is 0 Å². The van der Waals surface area contributed by atoms with E-state index in [9.17, 15) is 14.4 Å². The lowest BCUT2D eigenvalue weighted by atomic mass is 10.1. The van der Waals surface area contributed by atoms with Crippen molar-refractivity contribution in [1.29, 1.82) is 0 Å². The standard InChI is InChI=1S/C19H25N3O5S/c1-21(2)9-5-8-20-17(23)12-22-18(24)16(28-19(22)25)10-13-6-7-14(26-3)11-15(13)27-4/h6-7,10-11H,5,8-9,12H2,1-4H3,(H,20,23)/b16-10-. The van der Waals surface area contributed by atoms with Gasteiger partial charge in [0.2, 0.25) is 5.91 Å². The Morgan fingerprint density at radius 2 is 2.00 bits per heavy atom. The van der Waals surface area contributed by atoms with Crippen LogP contribution in [0.25, 0.3) is 6.08 Å². The van der Waals surface area contributed by atoms with Crippen LogP contribution in [0.3, 0.4) is 0 Å². The van der Waals surface area contributed by atoms with Crippen molar-refractivity contribution in [2.75, 3.05) is 47.9 Å². The molecule has 0 bridgehead atoms. The summed E-state index contributed by atoms with van der Waals surface area (Å²) < 4.78 is 10.5. The summed E-state index contributed by atoms with van der Waals surface area (Å²) in [5, 5.41) is 2.26. The Kier molecular flexibility index (Phi) is 7.89. The summed E-state index contributed by atoms with van der Waals surface area (Å²) in [6.07, 6.45) is 2.37. The van der Waals surface area contributed by atoms with Crippen LogP contribution >= 0.6 is 11.8 Å². The fourth-order valence-corrected chi connectivity index (χ4v) is 3.37. The van der Waals surface area contributed by atoms with Crippen LogP contribution < -0.4 is 14.8 Å². The van der Waals surface area contributed by atoms with Crippen LogP contribution in [0, 0.1) is 0 Å². The molecule has 152 valence electrons. The molecule has 0 unspecified atom stereocenters. The van der Waals surface area contributed by atoms with Crippen molar-refractivity contribution in [1.82, 2.24) is 15.1 Å². The van der Waals surface area contributed by atoms with Gasteiger partial charge in [-0.15, -0.1) is 0 Å². The zero-order valence-electron chi connectivity index (χ0n) is 16.5. The van der Waals surface area contributed by atoms with Gasteiger partial charge in [-0.05, 0) is 57.0 Å². The number of carbonyl (C=O) groups is 3. The molecule has 0 saturated carbocycles. The molecule has 28 heavy (non-hydrogen) atoms. The molecule has 1 aliphatic heterocycles. The van der Waals surface area contributed by atoms with Gasteiger partial charge >= 0.3 is 0 Å². The zero-order valence-corrected chi connectivity index (χ0v) is 17.3. The maximum absolute atomic E-state index is 12.6. The Balaban J connectivity index is 2.03. The zero-order chi connectivity index (χ0) is 20.7. The number of imide groups is 1. The number of amides is 3. The molecule has 8 nitrogen and oxygen atoms in total. The first kappa shape index (κ1) is 21.8. The maximum Gasteiger partial charge on any atom is 0.294 e. The highest BCUT2D eigenvalue weighted by Gasteiger charge is 2.36. The van der Waals surface area contributed by atoms with Gasteiger partial charge in [0.15, 0.2) is 0 Å². The van der Waals surface area contributed by atoms with Gasteiger partial charge in [0, 0.05) is 18.2 Å². The Labute approximate surface area is 168 Å². The van der Waals surface area contributed by atoms with Crippen molar-refractivity contribution < 1.29 is 23.9 Å². The van der Waals surface area contributed by atoms with Gasteiger partial charge in [-0.25, -0.2) is 0 Å². The van der Waals surface area contributed by atoms with Gasteiger partial charge in [-0.3, -0.25) is 19.3 Å². The van der Waals surface area contributed by atoms with Crippen molar-refractivity contribution in [2.24, 2.45) is 0 Å². The highest BCUT2D eigenvalue weighted by molar-refractivity contribution is 8.18. The SMILES string of the molecule is COc1ccc(/C=C2\SC(=O)N(CC(=O)NCCCN(C)C)C2=O)c(OC)c1. The monoisotopic (exact) mass is 407 g/mol. The highest BCUT2D eigenvalue weighted by Crippen LogP contribution is 2.34. The largest absolute Gasteiger partial charge is 0.497 e. The van der Waals surface area contributed by atoms with Crippen molar-refractivity contribution in [2.45, 2.75) is 6.42 Å². The Morgan fingerprint density at radius 1 is 1.25 bits per heavy atom. The second-order valence-corrected chi connectivity index (χ2v) is 7.38. The van der Waals surface area contributed by atoms with E-state index in [2.05, 4.69) is 5.32 Å². The van der Waals surface area contributed by atoms with E-state index < -0.39 is 11.1 Å². The van der Waals surface area contributed by atoms with E-state index >= 15 is 0 Å². The molecule has 0 radical (unpaired) electrons. The van der Waals surface area contributed by atoms with Gasteiger partial charge in [0.1, 0.15) is 18.0 Å². The van der Waals surface area contributed by atoms with Gasteiger partial charge in [-0.1, -0.05) is 0 Å². The minimum atomic E-state index is -0.490. The van der Waals surface area contributed by atoms with Crippen molar-refractivity contribution >= 4 is 34.9 Å². The summed E-state index contributed by atoms with van der Waals surface area (Å²) in [5.41, 5.74) is 0.641. The van der Waals surface area contributed by atoms with Crippen LogP contribution in [0.15, 0.2) is 23.1 Å². The molecule has 0 spiro atoms. The number of ether oxygens (including phenoxy) is 2. The molecular weight excluding hydrogens is 382 g/mol. The lowest BCUT2D eigenvalue weighted by molar-refractivity contribution is -0.129. The first-order valence-corrected chi connectivity index (χ1v) is 9.56. The number of nitrogens with zero attached hydrogens (tertiary/aromatic N) is 2. The second-order valence-electron chi connectivity index (χ2n) is 6.38. The number of nitrogens with one attached hydrogen (secondary N) is 1.